The zero-order chi connectivity index (χ0) is 12.3. The molecule has 88 valence electrons. The summed E-state index contributed by atoms with van der Waals surface area (Å²) in [6.45, 7) is 5.92. The number of nitrogens with zero attached hydrogens (tertiary/aromatic N) is 2. The van der Waals surface area contributed by atoms with Gasteiger partial charge in [0, 0.05) is 5.57 Å². The van der Waals surface area contributed by atoms with Crippen LogP contribution in [0.25, 0.3) is 5.57 Å². The molecular formula is C14H15FN2. The highest BCUT2D eigenvalue weighted by atomic mass is 19.1. The summed E-state index contributed by atoms with van der Waals surface area (Å²) >= 11 is 0. The van der Waals surface area contributed by atoms with Crippen molar-refractivity contribution in [2.75, 3.05) is 0 Å². The van der Waals surface area contributed by atoms with Crippen LogP contribution < -0.4 is 0 Å². The minimum atomic E-state index is -0.433. The number of allylic oxidation sites excluding steroid dienone is 5. The summed E-state index contributed by atoms with van der Waals surface area (Å²) < 4.78 is 12.7. The Kier molecular flexibility index (Phi) is 3.47. The molecule has 2 rings (SSSR count). The van der Waals surface area contributed by atoms with Crippen molar-refractivity contribution in [2.24, 2.45) is 5.92 Å². The maximum absolute atomic E-state index is 12.7. The summed E-state index contributed by atoms with van der Waals surface area (Å²) in [7, 11) is 0. The van der Waals surface area contributed by atoms with Crippen molar-refractivity contribution in [3.63, 3.8) is 0 Å². The van der Waals surface area contributed by atoms with Crippen molar-refractivity contribution in [3.05, 3.63) is 54.4 Å². The lowest BCUT2D eigenvalue weighted by atomic mass is 10.1. The van der Waals surface area contributed by atoms with Crippen LogP contribution in [0.1, 0.15) is 25.6 Å². The predicted octanol–water partition coefficient (Wildman–Crippen LogP) is 3.54. The van der Waals surface area contributed by atoms with E-state index in [4.69, 9.17) is 0 Å². The van der Waals surface area contributed by atoms with Gasteiger partial charge in [0.1, 0.15) is 0 Å². The lowest BCUT2D eigenvalue weighted by molar-refractivity contribution is 0.612. The molecule has 0 amide bonds. The number of aromatic nitrogens is 2. The van der Waals surface area contributed by atoms with Gasteiger partial charge in [0.05, 0.1) is 12.4 Å². The van der Waals surface area contributed by atoms with E-state index in [1.807, 2.05) is 19.1 Å². The van der Waals surface area contributed by atoms with E-state index in [1.165, 1.54) is 18.4 Å². The molecule has 1 aromatic heterocycles. The third-order valence-corrected chi connectivity index (χ3v) is 2.77. The fraction of sp³-hybridized carbons (Fsp3) is 0.286. The summed E-state index contributed by atoms with van der Waals surface area (Å²) in [4.78, 5) is 7.77. The molecule has 0 saturated heterocycles. The Morgan fingerprint density at radius 2 is 2.00 bits per heavy atom. The van der Waals surface area contributed by atoms with Crippen molar-refractivity contribution in [1.82, 2.24) is 9.97 Å². The van der Waals surface area contributed by atoms with Crippen LogP contribution in [0.5, 0.6) is 0 Å². The van der Waals surface area contributed by atoms with Gasteiger partial charge in [0.25, 0.3) is 0 Å². The summed E-state index contributed by atoms with van der Waals surface area (Å²) in [5.74, 6) is 0.740. The summed E-state index contributed by atoms with van der Waals surface area (Å²) in [5.41, 5.74) is 2.03. The Bertz CT molecular complexity index is 468. The molecule has 0 aliphatic heterocycles. The fourth-order valence-corrected chi connectivity index (χ4v) is 1.63. The van der Waals surface area contributed by atoms with Crippen molar-refractivity contribution in [1.29, 1.82) is 0 Å². The molecule has 3 heteroatoms. The monoisotopic (exact) mass is 230 g/mol. The van der Waals surface area contributed by atoms with Crippen LogP contribution in [-0.2, 0) is 0 Å². The molecule has 0 spiro atoms. The highest BCUT2D eigenvalue weighted by Crippen LogP contribution is 2.37. The van der Waals surface area contributed by atoms with Crippen LogP contribution in [0.15, 0.2) is 42.8 Å². The van der Waals surface area contributed by atoms with Crippen LogP contribution in [0.3, 0.4) is 0 Å². The van der Waals surface area contributed by atoms with Crippen LogP contribution in [-0.4, -0.2) is 9.97 Å². The Hall–Kier alpha value is -1.77. The maximum Gasteiger partial charge on any atom is 0.159 e. The average Bonchev–Trinajstić information content (AvgIpc) is 3.15. The van der Waals surface area contributed by atoms with E-state index in [0.29, 0.717) is 17.3 Å². The molecule has 1 aliphatic carbocycles. The van der Waals surface area contributed by atoms with Gasteiger partial charge in [-0.15, -0.1) is 0 Å². The van der Waals surface area contributed by atoms with E-state index >= 15 is 0 Å². The van der Waals surface area contributed by atoms with E-state index in [2.05, 4.69) is 22.6 Å². The Labute approximate surface area is 101 Å². The fourth-order valence-electron chi connectivity index (χ4n) is 1.63. The second kappa shape index (κ2) is 5.04. The standard InChI is InChI=1S/C14H15FN2/c1-3-11(12-6-7-12)5-4-10(2)14-16-8-13(15)9-17-14/h3-5,8-9,12H,2,6-7H2,1H3/b5-4-,11-3+. The average molecular weight is 230 g/mol. The molecule has 17 heavy (non-hydrogen) atoms. The second-order valence-corrected chi connectivity index (χ2v) is 4.15. The van der Waals surface area contributed by atoms with Gasteiger partial charge in [-0.25, -0.2) is 14.4 Å². The quantitative estimate of drug-likeness (QED) is 0.739. The van der Waals surface area contributed by atoms with Gasteiger partial charge in [-0.05, 0) is 31.3 Å². The van der Waals surface area contributed by atoms with Crippen LogP contribution in [0, 0.1) is 11.7 Å². The van der Waals surface area contributed by atoms with Gasteiger partial charge in [-0.3, -0.25) is 0 Å². The topological polar surface area (TPSA) is 25.8 Å². The first kappa shape index (κ1) is 11.7. The van der Waals surface area contributed by atoms with Crippen LogP contribution in [0.4, 0.5) is 4.39 Å². The molecule has 1 saturated carbocycles. The normalized spacial score (nSPS) is 16.5. The Morgan fingerprint density at radius 1 is 1.35 bits per heavy atom. The Morgan fingerprint density at radius 3 is 2.53 bits per heavy atom. The minimum absolute atomic E-state index is 0.433. The second-order valence-electron chi connectivity index (χ2n) is 4.15. The molecule has 0 unspecified atom stereocenters. The highest BCUT2D eigenvalue weighted by molar-refractivity contribution is 5.67. The first-order chi connectivity index (χ1) is 8.20. The van der Waals surface area contributed by atoms with E-state index in [0.717, 1.165) is 12.4 Å². The van der Waals surface area contributed by atoms with Gasteiger partial charge < -0.3 is 0 Å². The zero-order valence-corrected chi connectivity index (χ0v) is 9.86. The molecule has 1 fully saturated rings. The molecule has 0 N–H and O–H groups in total. The van der Waals surface area contributed by atoms with E-state index in [1.54, 1.807) is 0 Å². The SMILES string of the molecule is C=C(/C=C\C(=C/C)C1CC1)c1ncc(F)cn1. The first-order valence-electron chi connectivity index (χ1n) is 5.72. The van der Waals surface area contributed by atoms with Crippen LogP contribution >= 0.6 is 0 Å². The molecule has 0 atom stereocenters. The molecule has 0 bridgehead atoms. The van der Waals surface area contributed by atoms with Crippen molar-refractivity contribution >= 4 is 5.57 Å². The lowest BCUT2D eigenvalue weighted by Gasteiger charge is -1.99. The molecule has 1 aliphatic rings. The summed E-state index contributed by atoms with van der Waals surface area (Å²) in [6.07, 6.45) is 10.9. The van der Waals surface area contributed by atoms with Crippen molar-refractivity contribution < 1.29 is 4.39 Å². The zero-order valence-electron chi connectivity index (χ0n) is 9.86. The van der Waals surface area contributed by atoms with Gasteiger partial charge in [0.2, 0.25) is 0 Å². The summed E-state index contributed by atoms with van der Waals surface area (Å²) in [5, 5.41) is 0. The Balaban J connectivity index is 2.05. The number of hydrogen-bond donors (Lipinski definition) is 0. The number of halogens is 1. The number of rotatable bonds is 4. The van der Waals surface area contributed by atoms with Crippen molar-refractivity contribution in [2.45, 2.75) is 19.8 Å². The molecule has 0 radical (unpaired) electrons. The van der Waals surface area contributed by atoms with Crippen molar-refractivity contribution in [3.8, 4) is 0 Å². The smallest absolute Gasteiger partial charge is 0.159 e. The largest absolute Gasteiger partial charge is 0.234 e. The molecule has 0 aromatic carbocycles. The predicted molar refractivity (Wildman–Crippen MR) is 66.6 cm³/mol. The van der Waals surface area contributed by atoms with Gasteiger partial charge in [0.15, 0.2) is 11.6 Å². The number of hydrogen-bond acceptors (Lipinski definition) is 2. The third kappa shape index (κ3) is 3.09. The van der Waals surface area contributed by atoms with E-state index in [9.17, 15) is 4.39 Å². The lowest BCUT2D eigenvalue weighted by Crippen LogP contribution is -1.92. The highest BCUT2D eigenvalue weighted by Gasteiger charge is 2.23. The maximum atomic E-state index is 12.7. The van der Waals surface area contributed by atoms with Crippen LogP contribution in [0.2, 0.25) is 0 Å². The minimum Gasteiger partial charge on any atom is -0.234 e. The molecular weight excluding hydrogens is 215 g/mol. The summed E-state index contributed by atoms with van der Waals surface area (Å²) in [6, 6.07) is 0. The molecule has 1 heterocycles. The van der Waals surface area contributed by atoms with E-state index < -0.39 is 5.82 Å². The first-order valence-corrected chi connectivity index (χ1v) is 5.72. The van der Waals surface area contributed by atoms with Gasteiger partial charge in [-0.2, -0.15) is 0 Å². The molecule has 1 aromatic rings. The van der Waals surface area contributed by atoms with E-state index in [-0.39, 0.29) is 0 Å². The third-order valence-electron chi connectivity index (χ3n) is 2.77. The van der Waals surface area contributed by atoms with Gasteiger partial charge in [-0.1, -0.05) is 24.8 Å². The molecule has 2 nitrogen and oxygen atoms in total. The van der Waals surface area contributed by atoms with Gasteiger partial charge >= 0.3 is 0 Å².